The van der Waals surface area contributed by atoms with Crippen LogP contribution in [0.25, 0.3) is 11.3 Å². The number of amides is 2. The van der Waals surface area contributed by atoms with Gasteiger partial charge in [-0.3, -0.25) is 14.3 Å². The molecule has 4 rings (SSSR count). The van der Waals surface area contributed by atoms with Crippen molar-refractivity contribution in [2.24, 2.45) is 0 Å². The molecule has 2 aromatic carbocycles. The lowest BCUT2D eigenvalue weighted by Crippen LogP contribution is -2.43. The van der Waals surface area contributed by atoms with E-state index in [0.717, 1.165) is 17.7 Å². The number of carbonyl (C=O) groups is 2. The molecule has 2 heterocycles. The standard InChI is InChI=1S/C33H40F3N5O4/c1-7-30(43)41-14-11-26-28(41)9-8-10-29(26)44-21-23-17-24(19-25(18-23)33(34,35)36)27-20-40(39-38-27)15-12-32(5,6)45-16-13-31(3,4)37-22(2)42/h7-10,17-20H,1,11-16,21H2,2-6H3,(H,37,42). The van der Waals surface area contributed by atoms with Gasteiger partial charge in [0.1, 0.15) is 18.1 Å². The highest BCUT2D eigenvalue weighted by molar-refractivity contribution is 6.02. The first-order chi connectivity index (χ1) is 21.1. The first-order valence-corrected chi connectivity index (χ1v) is 14.8. The molecule has 0 radical (unpaired) electrons. The molecular weight excluding hydrogens is 587 g/mol. The van der Waals surface area contributed by atoms with Crippen molar-refractivity contribution in [3.05, 3.63) is 71.9 Å². The fourth-order valence-electron chi connectivity index (χ4n) is 5.24. The third-order valence-corrected chi connectivity index (χ3v) is 7.65. The van der Waals surface area contributed by atoms with Crippen LogP contribution in [0.15, 0.2) is 55.3 Å². The average molecular weight is 628 g/mol. The summed E-state index contributed by atoms with van der Waals surface area (Å²) in [5.41, 5.74) is 0.709. The zero-order valence-electron chi connectivity index (χ0n) is 26.3. The van der Waals surface area contributed by atoms with E-state index in [9.17, 15) is 22.8 Å². The van der Waals surface area contributed by atoms with Gasteiger partial charge < -0.3 is 19.7 Å². The van der Waals surface area contributed by atoms with Gasteiger partial charge in [0.2, 0.25) is 11.8 Å². The van der Waals surface area contributed by atoms with Gasteiger partial charge in [0.25, 0.3) is 0 Å². The number of nitrogens with zero attached hydrogens (tertiary/aromatic N) is 4. The predicted molar refractivity (Wildman–Crippen MR) is 165 cm³/mol. The lowest BCUT2D eigenvalue weighted by Gasteiger charge is -2.30. The van der Waals surface area contributed by atoms with Gasteiger partial charge in [0.15, 0.2) is 0 Å². The summed E-state index contributed by atoms with van der Waals surface area (Å²) in [5, 5.41) is 11.2. The number of ether oxygens (including phenoxy) is 2. The zero-order chi connectivity index (χ0) is 33.0. The minimum absolute atomic E-state index is 0.101. The molecule has 45 heavy (non-hydrogen) atoms. The van der Waals surface area contributed by atoms with Crippen LogP contribution < -0.4 is 15.0 Å². The topological polar surface area (TPSA) is 98.6 Å². The van der Waals surface area contributed by atoms with E-state index in [4.69, 9.17) is 9.47 Å². The molecule has 0 saturated heterocycles. The molecule has 1 aliphatic rings. The largest absolute Gasteiger partial charge is 0.489 e. The second-order valence-electron chi connectivity index (χ2n) is 12.4. The second-order valence-corrected chi connectivity index (χ2v) is 12.4. The van der Waals surface area contributed by atoms with Crippen molar-refractivity contribution >= 4 is 17.5 Å². The Balaban J connectivity index is 1.44. The molecule has 3 aromatic rings. The van der Waals surface area contributed by atoms with E-state index < -0.39 is 22.9 Å². The van der Waals surface area contributed by atoms with Crippen LogP contribution in [-0.2, 0) is 40.1 Å². The monoisotopic (exact) mass is 627 g/mol. The number of carbonyl (C=O) groups excluding carboxylic acids is 2. The summed E-state index contributed by atoms with van der Waals surface area (Å²) in [5.74, 6) is 0.191. The average Bonchev–Trinajstić information content (AvgIpc) is 3.61. The summed E-state index contributed by atoms with van der Waals surface area (Å²) in [7, 11) is 0. The van der Waals surface area contributed by atoms with E-state index in [2.05, 4.69) is 22.2 Å². The lowest BCUT2D eigenvalue weighted by molar-refractivity contribution is -0.137. The molecule has 0 atom stereocenters. The number of anilines is 1. The first kappa shape index (κ1) is 33.7. The summed E-state index contributed by atoms with van der Waals surface area (Å²) < 4.78 is 55.3. The Morgan fingerprint density at radius 1 is 1.11 bits per heavy atom. The molecule has 2 amide bonds. The van der Waals surface area contributed by atoms with Crippen molar-refractivity contribution in [3.8, 4) is 17.0 Å². The highest BCUT2D eigenvalue weighted by Gasteiger charge is 2.32. The Morgan fingerprint density at radius 2 is 1.87 bits per heavy atom. The SMILES string of the molecule is C=CC(=O)N1CCc2c(OCc3cc(-c4cn(CCC(C)(C)OCCC(C)(C)NC(C)=O)nn4)cc(C(F)(F)F)c3)cccc21. The van der Waals surface area contributed by atoms with Crippen molar-refractivity contribution in [1.82, 2.24) is 20.3 Å². The van der Waals surface area contributed by atoms with Gasteiger partial charge in [0, 0.05) is 43.3 Å². The maximum Gasteiger partial charge on any atom is 0.416 e. The molecule has 12 heteroatoms. The Hall–Kier alpha value is -4.19. The van der Waals surface area contributed by atoms with Crippen molar-refractivity contribution in [2.45, 2.75) is 84.3 Å². The third kappa shape index (κ3) is 8.93. The minimum atomic E-state index is -4.57. The highest BCUT2D eigenvalue weighted by Crippen LogP contribution is 2.37. The van der Waals surface area contributed by atoms with Crippen LogP contribution in [0, 0.1) is 0 Å². The summed E-state index contributed by atoms with van der Waals surface area (Å²) >= 11 is 0. The number of benzene rings is 2. The van der Waals surface area contributed by atoms with Crippen molar-refractivity contribution in [1.29, 1.82) is 0 Å². The van der Waals surface area contributed by atoms with Crippen molar-refractivity contribution in [2.75, 3.05) is 18.1 Å². The number of aryl methyl sites for hydroxylation is 1. The quantitative estimate of drug-likeness (QED) is 0.230. The van der Waals surface area contributed by atoms with Crippen LogP contribution in [-0.4, -0.2) is 51.1 Å². The Labute approximate surface area is 261 Å². The summed E-state index contributed by atoms with van der Waals surface area (Å²) in [4.78, 5) is 25.2. The second kappa shape index (κ2) is 13.4. The molecule has 1 N–H and O–H groups in total. The zero-order valence-corrected chi connectivity index (χ0v) is 26.3. The first-order valence-electron chi connectivity index (χ1n) is 14.8. The smallest absolute Gasteiger partial charge is 0.416 e. The fraction of sp³-hybridized carbons (Fsp3) is 0.455. The molecule has 0 aliphatic carbocycles. The predicted octanol–water partition coefficient (Wildman–Crippen LogP) is 6.11. The van der Waals surface area contributed by atoms with E-state index in [0.29, 0.717) is 61.7 Å². The summed E-state index contributed by atoms with van der Waals surface area (Å²) in [6, 6.07) is 9.04. The van der Waals surface area contributed by atoms with E-state index in [1.54, 1.807) is 34.0 Å². The minimum Gasteiger partial charge on any atom is -0.489 e. The molecule has 0 unspecified atom stereocenters. The fourth-order valence-corrected chi connectivity index (χ4v) is 5.24. The molecule has 0 spiro atoms. The molecule has 242 valence electrons. The van der Waals surface area contributed by atoms with Gasteiger partial charge in [-0.15, -0.1) is 5.10 Å². The molecule has 9 nitrogen and oxygen atoms in total. The van der Waals surface area contributed by atoms with E-state index >= 15 is 0 Å². The van der Waals surface area contributed by atoms with Crippen LogP contribution in [0.3, 0.4) is 0 Å². The van der Waals surface area contributed by atoms with E-state index in [1.165, 1.54) is 13.0 Å². The van der Waals surface area contributed by atoms with Gasteiger partial charge in [0.05, 0.1) is 23.0 Å². The van der Waals surface area contributed by atoms with Gasteiger partial charge in [-0.05, 0) is 88.9 Å². The number of aromatic nitrogens is 3. The number of rotatable bonds is 13. The van der Waals surface area contributed by atoms with Gasteiger partial charge in [-0.2, -0.15) is 13.2 Å². The molecular formula is C33H40F3N5O4. The Morgan fingerprint density at radius 3 is 2.56 bits per heavy atom. The Kier molecular flexibility index (Phi) is 10.1. The van der Waals surface area contributed by atoms with Crippen LogP contribution in [0.2, 0.25) is 0 Å². The van der Waals surface area contributed by atoms with E-state index in [1.807, 2.05) is 33.8 Å². The van der Waals surface area contributed by atoms with Crippen LogP contribution >= 0.6 is 0 Å². The summed E-state index contributed by atoms with van der Waals surface area (Å²) in [6.45, 7) is 14.0. The van der Waals surface area contributed by atoms with Gasteiger partial charge in [-0.25, -0.2) is 0 Å². The van der Waals surface area contributed by atoms with Crippen LogP contribution in [0.1, 0.15) is 64.2 Å². The lowest BCUT2D eigenvalue weighted by atomic mass is 10.0. The van der Waals surface area contributed by atoms with Crippen molar-refractivity contribution < 1.29 is 32.2 Å². The Bertz CT molecular complexity index is 1550. The number of halogens is 3. The summed E-state index contributed by atoms with van der Waals surface area (Å²) in [6.07, 6.45) is 0.0671. The van der Waals surface area contributed by atoms with Crippen LogP contribution in [0.5, 0.6) is 5.75 Å². The normalized spacial score (nSPS) is 13.5. The maximum atomic E-state index is 13.9. The molecule has 1 aromatic heterocycles. The number of hydrogen-bond donors (Lipinski definition) is 1. The number of hydrogen-bond acceptors (Lipinski definition) is 6. The molecule has 0 bridgehead atoms. The maximum absolute atomic E-state index is 13.9. The van der Waals surface area contributed by atoms with Crippen LogP contribution in [0.4, 0.5) is 18.9 Å². The number of alkyl halides is 3. The van der Waals surface area contributed by atoms with Crippen molar-refractivity contribution in [3.63, 3.8) is 0 Å². The van der Waals surface area contributed by atoms with Gasteiger partial charge in [-0.1, -0.05) is 17.9 Å². The third-order valence-electron chi connectivity index (χ3n) is 7.65. The number of fused-ring (bicyclic) bond motifs is 1. The molecule has 1 aliphatic heterocycles. The molecule has 0 fully saturated rings. The highest BCUT2D eigenvalue weighted by atomic mass is 19.4. The van der Waals surface area contributed by atoms with Gasteiger partial charge >= 0.3 is 6.18 Å². The van der Waals surface area contributed by atoms with E-state index in [-0.39, 0.29) is 24.0 Å². The number of nitrogens with one attached hydrogen (secondary N) is 1. The molecule has 0 saturated carbocycles.